The first-order valence-corrected chi connectivity index (χ1v) is 9.27. The van der Waals surface area contributed by atoms with Crippen molar-refractivity contribution in [2.45, 2.75) is 19.9 Å². The lowest BCUT2D eigenvalue weighted by Gasteiger charge is -2.16. The number of benzene rings is 2. The number of aliphatic imine (C=N–C) groups is 1. The second-order valence-corrected chi connectivity index (χ2v) is 6.12. The second-order valence-electron chi connectivity index (χ2n) is 6.12. The van der Waals surface area contributed by atoms with Crippen LogP contribution in [-0.2, 0) is 13.0 Å². The molecule has 0 saturated carbocycles. The Morgan fingerprint density at radius 3 is 2.24 bits per heavy atom. The molecule has 0 heterocycles. The van der Waals surface area contributed by atoms with Gasteiger partial charge in [0.15, 0.2) is 5.96 Å². The molecule has 8 heteroatoms. The number of nitrogens with one attached hydrogen (secondary N) is 2. The Kier molecular flexibility index (Phi) is 8.51. The van der Waals surface area contributed by atoms with E-state index in [-0.39, 0.29) is 12.1 Å². The molecule has 2 aromatic rings. The van der Waals surface area contributed by atoms with Crippen LogP contribution >= 0.6 is 0 Å². The topological polar surface area (TPSA) is 64.1 Å². The van der Waals surface area contributed by atoms with Crippen LogP contribution in [0.15, 0.2) is 35.3 Å². The summed E-state index contributed by atoms with van der Waals surface area (Å²) in [5.74, 6) is 1.48. The Morgan fingerprint density at radius 2 is 1.66 bits per heavy atom. The highest BCUT2D eigenvalue weighted by atomic mass is 19.1. The molecule has 2 aromatic carbocycles. The highest BCUT2D eigenvalue weighted by Crippen LogP contribution is 2.34. The van der Waals surface area contributed by atoms with Gasteiger partial charge in [-0.1, -0.05) is 0 Å². The van der Waals surface area contributed by atoms with E-state index in [1.165, 1.54) is 0 Å². The normalized spacial score (nSPS) is 11.2. The molecule has 0 unspecified atom stereocenters. The van der Waals surface area contributed by atoms with Gasteiger partial charge in [0, 0.05) is 36.3 Å². The highest BCUT2D eigenvalue weighted by Gasteiger charge is 2.13. The number of methoxy groups -OCH3 is 3. The molecule has 0 aliphatic heterocycles. The second kappa shape index (κ2) is 11.1. The van der Waals surface area contributed by atoms with Gasteiger partial charge in [0.25, 0.3) is 0 Å². The number of nitrogens with zero attached hydrogens (tertiary/aromatic N) is 1. The maximum absolute atomic E-state index is 13.8. The SMILES string of the molecule is CCNC(=NCc1cc(F)ccc1F)NCCc1c(OC)cc(OC)cc1OC. The maximum atomic E-state index is 13.8. The van der Waals surface area contributed by atoms with E-state index in [4.69, 9.17) is 14.2 Å². The average Bonchev–Trinajstić information content (AvgIpc) is 2.73. The van der Waals surface area contributed by atoms with Crippen LogP contribution in [0.25, 0.3) is 0 Å². The van der Waals surface area contributed by atoms with Crippen molar-refractivity contribution in [2.24, 2.45) is 4.99 Å². The van der Waals surface area contributed by atoms with Gasteiger partial charge in [-0.3, -0.25) is 0 Å². The minimum atomic E-state index is -0.492. The summed E-state index contributed by atoms with van der Waals surface area (Å²) in [5, 5.41) is 6.27. The van der Waals surface area contributed by atoms with E-state index in [0.717, 1.165) is 23.8 Å². The van der Waals surface area contributed by atoms with Gasteiger partial charge in [-0.25, -0.2) is 13.8 Å². The lowest BCUT2D eigenvalue weighted by atomic mass is 10.1. The monoisotopic (exact) mass is 407 g/mol. The lowest BCUT2D eigenvalue weighted by Crippen LogP contribution is -2.38. The summed E-state index contributed by atoms with van der Waals surface area (Å²) < 4.78 is 43.3. The number of hydrogen-bond acceptors (Lipinski definition) is 4. The molecule has 6 nitrogen and oxygen atoms in total. The molecule has 0 spiro atoms. The number of ether oxygens (including phenoxy) is 3. The van der Waals surface area contributed by atoms with Gasteiger partial charge < -0.3 is 24.8 Å². The van der Waals surface area contributed by atoms with Crippen molar-refractivity contribution >= 4 is 5.96 Å². The number of rotatable bonds is 9. The summed E-state index contributed by atoms with van der Waals surface area (Å²) in [6.07, 6.45) is 0.592. The van der Waals surface area contributed by atoms with Crippen LogP contribution in [0.2, 0.25) is 0 Å². The van der Waals surface area contributed by atoms with E-state index in [9.17, 15) is 8.78 Å². The maximum Gasteiger partial charge on any atom is 0.191 e. The Balaban J connectivity index is 2.08. The van der Waals surface area contributed by atoms with Crippen molar-refractivity contribution < 1.29 is 23.0 Å². The van der Waals surface area contributed by atoms with Crippen LogP contribution in [0.4, 0.5) is 8.78 Å². The molecule has 0 aliphatic rings. The van der Waals surface area contributed by atoms with E-state index >= 15 is 0 Å². The molecule has 0 amide bonds. The minimum absolute atomic E-state index is 0.0219. The van der Waals surface area contributed by atoms with Crippen LogP contribution in [-0.4, -0.2) is 40.4 Å². The molecule has 0 aliphatic carbocycles. The van der Waals surface area contributed by atoms with Crippen molar-refractivity contribution in [1.82, 2.24) is 10.6 Å². The molecule has 158 valence electrons. The third kappa shape index (κ3) is 6.23. The molecule has 2 rings (SSSR count). The first-order valence-electron chi connectivity index (χ1n) is 9.27. The largest absolute Gasteiger partial charge is 0.496 e. The van der Waals surface area contributed by atoms with Crippen LogP contribution in [0.3, 0.4) is 0 Å². The molecule has 0 fully saturated rings. The fourth-order valence-corrected chi connectivity index (χ4v) is 2.80. The average molecular weight is 407 g/mol. The highest BCUT2D eigenvalue weighted by molar-refractivity contribution is 5.79. The van der Waals surface area contributed by atoms with Crippen LogP contribution in [0, 0.1) is 11.6 Å². The van der Waals surface area contributed by atoms with E-state index in [1.54, 1.807) is 33.5 Å². The molecule has 0 atom stereocenters. The summed E-state index contributed by atoms with van der Waals surface area (Å²) in [6, 6.07) is 6.92. The zero-order valence-corrected chi connectivity index (χ0v) is 17.1. The first-order chi connectivity index (χ1) is 14.0. The molecule has 29 heavy (non-hydrogen) atoms. The van der Waals surface area contributed by atoms with E-state index in [1.807, 2.05) is 6.92 Å². The van der Waals surface area contributed by atoms with Crippen molar-refractivity contribution in [3.8, 4) is 17.2 Å². The number of guanidine groups is 1. The van der Waals surface area contributed by atoms with Crippen LogP contribution in [0.5, 0.6) is 17.2 Å². The standard InChI is InChI=1S/C21H27F2N3O3/c1-5-24-21(26-13-14-10-15(22)6-7-18(14)23)25-9-8-17-19(28-3)11-16(27-2)12-20(17)29-4/h6-7,10-12H,5,8-9,13H2,1-4H3,(H2,24,25,26). The zero-order chi connectivity index (χ0) is 21.2. The smallest absolute Gasteiger partial charge is 0.191 e. The Morgan fingerprint density at radius 1 is 0.966 bits per heavy atom. The molecule has 0 radical (unpaired) electrons. The molecule has 0 saturated heterocycles. The molecule has 0 aromatic heterocycles. The number of halogens is 2. The Labute approximate surface area is 169 Å². The fourth-order valence-electron chi connectivity index (χ4n) is 2.80. The third-order valence-corrected chi connectivity index (χ3v) is 4.24. The van der Waals surface area contributed by atoms with Crippen LogP contribution in [0.1, 0.15) is 18.1 Å². The predicted molar refractivity (Wildman–Crippen MR) is 109 cm³/mol. The van der Waals surface area contributed by atoms with Crippen LogP contribution < -0.4 is 24.8 Å². The van der Waals surface area contributed by atoms with Crippen molar-refractivity contribution in [3.05, 3.63) is 53.1 Å². The quantitative estimate of drug-likeness (QED) is 0.493. The Bertz CT molecular complexity index is 819. The molecule has 2 N–H and O–H groups in total. The minimum Gasteiger partial charge on any atom is -0.496 e. The summed E-state index contributed by atoms with van der Waals surface area (Å²) in [7, 11) is 4.75. The van der Waals surface area contributed by atoms with Gasteiger partial charge in [0.2, 0.25) is 0 Å². The van der Waals surface area contributed by atoms with Gasteiger partial charge in [0.05, 0.1) is 27.9 Å². The third-order valence-electron chi connectivity index (χ3n) is 4.24. The zero-order valence-electron chi connectivity index (χ0n) is 17.1. The van der Waals surface area contributed by atoms with E-state index in [2.05, 4.69) is 15.6 Å². The van der Waals surface area contributed by atoms with Gasteiger partial charge >= 0.3 is 0 Å². The molecular formula is C21H27F2N3O3. The summed E-state index contributed by atoms with van der Waals surface area (Å²) in [6.45, 7) is 3.10. The van der Waals surface area contributed by atoms with Gasteiger partial charge in [-0.05, 0) is 31.5 Å². The summed E-state index contributed by atoms with van der Waals surface area (Å²) >= 11 is 0. The fraction of sp³-hybridized carbons (Fsp3) is 0.381. The number of hydrogen-bond donors (Lipinski definition) is 2. The molecule has 0 bridgehead atoms. The molecular weight excluding hydrogens is 380 g/mol. The van der Waals surface area contributed by atoms with E-state index in [0.29, 0.717) is 42.7 Å². The van der Waals surface area contributed by atoms with E-state index < -0.39 is 11.6 Å². The van der Waals surface area contributed by atoms with Gasteiger partial charge in [-0.15, -0.1) is 0 Å². The first kappa shape index (κ1) is 22.3. The van der Waals surface area contributed by atoms with Gasteiger partial charge in [-0.2, -0.15) is 0 Å². The summed E-state index contributed by atoms with van der Waals surface area (Å²) in [5.41, 5.74) is 1.08. The Hall–Kier alpha value is -3.03. The van der Waals surface area contributed by atoms with Crippen molar-refractivity contribution in [1.29, 1.82) is 0 Å². The van der Waals surface area contributed by atoms with Crippen molar-refractivity contribution in [2.75, 3.05) is 34.4 Å². The van der Waals surface area contributed by atoms with Gasteiger partial charge in [0.1, 0.15) is 28.9 Å². The lowest BCUT2D eigenvalue weighted by molar-refractivity contribution is 0.368. The van der Waals surface area contributed by atoms with Crippen molar-refractivity contribution in [3.63, 3.8) is 0 Å². The predicted octanol–water partition coefficient (Wildman–Crippen LogP) is 3.29. The summed E-state index contributed by atoms with van der Waals surface area (Å²) in [4.78, 5) is 4.33.